The van der Waals surface area contributed by atoms with Crippen LogP contribution in [0.1, 0.15) is 0 Å². The van der Waals surface area contributed by atoms with Crippen molar-refractivity contribution in [3.8, 4) is 0 Å². The van der Waals surface area contributed by atoms with E-state index in [1.807, 2.05) is 0 Å². The molecule has 0 saturated carbocycles. The number of alkyl halides is 3. The van der Waals surface area contributed by atoms with Crippen molar-refractivity contribution in [3.63, 3.8) is 0 Å². The largest absolute Gasteiger partial charge is 0.419 e. The molecule has 1 fully saturated rings. The van der Waals surface area contributed by atoms with Crippen molar-refractivity contribution in [1.29, 1.82) is 0 Å². The zero-order valence-electron chi connectivity index (χ0n) is 8.30. The van der Waals surface area contributed by atoms with Gasteiger partial charge in [-0.05, 0) is 7.05 Å². The van der Waals surface area contributed by atoms with E-state index in [9.17, 15) is 18.0 Å². The molecular weight excluding hydrogens is 211 g/mol. The van der Waals surface area contributed by atoms with Gasteiger partial charge in [0.15, 0.2) is 5.78 Å². The van der Waals surface area contributed by atoms with Crippen molar-refractivity contribution in [1.82, 2.24) is 4.90 Å². The van der Waals surface area contributed by atoms with Crippen molar-refractivity contribution in [2.45, 2.75) is 12.3 Å². The fraction of sp³-hybridized carbons (Fsp3) is 0.667. The highest BCUT2D eigenvalue weighted by molar-refractivity contribution is 5.99. The molecule has 15 heavy (non-hydrogen) atoms. The van der Waals surface area contributed by atoms with E-state index in [0.717, 1.165) is 0 Å². The normalized spacial score (nSPS) is 23.9. The second-order valence-electron chi connectivity index (χ2n) is 3.46. The summed E-state index contributed by atoms with van der Waals surface area (Å²) in [5.41, 5.74) is -1.34. The number of Topliss-reactive ketones (excluding diaryl/α,β-unsaturated/α-hetero) is 1. The fourth-order valence-corrected chi connectivity index (χ4v) is 1.27. The monoisotopic (exact) mass is 223 g/mol. The summed E-state index contributed by atoms with van der Waals surface area (Å²) in [4.78, 5) is 13.1. The number of carbonyl (C=O) groups excluding carboxylic acids is 1. The lowest BCUT2D eigenvalue weighted by molar-refractivity contribution is -0.142. The van der Waals surface area contributed by atoms with E-state index < -0.39 is 23.6 Å². The predicted octanol–water partition coefficient (Wildman–Crippen LogP) is 1.00. The van der Waals surface area contributed by atoms with Crippen LogP contribution in [0.4, 0.5) is 13.2 Å². The lowest BCUT2D eigenvalue weighted by atomic mass is 10.1. The van der Waals surface area contributed by atoms with Crippen LogP contribution in [0.25, 0.3) is 0 Å². The first-order valence-electron chi connectivity index (χ1n) is 4.43. The third kappa shape index (κ3) is 3.04. The van der Waals surface area contributed by atoms with Gasteiger partial charge < -0.3 is 9.64 Å². The molecule has 0 amide bonds. The van der Waals surface area contributed by atoms with Crippen molar-refractivity contribution in [2.24, 2.45) is 0 Å². The van der Waals surface area contributed by atoms with Crippen molar-refractivity contribution < 1.29 is 22.7 Å². The number of morpholine rings is 1. The summed E-state index contributed by atoms with van der Waals surface area (Å²) in [5, 5.41) is 0. The maximum atomic E-state index is 12.2. The Labute approximate surface area is 85.5 Å². The Morgan fingerprint density at radius 3 is 2.60 bits per heavy atom. The number of hydrogen-bond donors (Lipinski definition) is 0. The molecule has 0 radical (unpaired) electrons. The van der Waals surface area contributed by atoms with Crippen LogP contribution in [0, 0.1) is 0 Å². The molecule has 1 heterocycles. The van der Waals surface area contributed by atoms with Gasteiger partial charge in [0, 0.05) is 13.1 Å². The van der Waals surface area contributed by atoms with Crippen LogP contribution < -0.4 is 0 Å². The van der Waals surface area contributed by atoms with Crippen molar-refractivity contribution in [3.05, 3.63) is 12.2 Å². The van der Waals surface area contributed by atoms with Gasteiger partial charge in [-0.3, -0.25) is 4.79 Å². The first-order valence-corrected chi connectivity index (χ1v) is 4.43. The summed E-state index contributed by atoms with van der Waals surface area (Å²) in [7, 11) is 1.72. The smallest absolute Gasteiger partial charge is 0.367 e. The Bertz CT molecular complexity index is 275. The zero-order chi connectivity index (χ0) is 11.6. The maximum Gasteiger partial charge on any atom is 0.419 e. The Kier molecular flexibility index (Phi) is 3.51. The molecule has 1 aliphatic heterocycles. The summed E-state index contributed by atoms with van der Waals surface area (Å²) in [6.45, 7) is 3.80. The van der Waals surface area contributed by atoms with Crippen LogP contribution in [-0.2, 0) is 9.53 Å². The van der Waals surface area contributed by atoms with Crippen LogP contribution in [0.2, 0.25) is 0 Å². The molecule has 1 saturated heterocycles. The van der Waals surface area contributed by atoms with Crippen LogP contribution in [0.5, 0.6) is 0 Å². The molecule has 0 bridgehead atoms. The number of halogens is 3. The molecule has 0 aromatic rings. The molecule has 1 atom stereocenters. The minimum absolute atomic E-state index is 0.175. The van der Waals surface area contributed by atoms with Crippen LogP contribution in [0.3, 0.4) is 0 Å². The van der Waals surface area contributed by atoms with Gasteiger partial charge in [-0.2, -0.15) is 13.2 Å². The number of carbonyl (C=O) groups is 1. The summed E-state index contributed by atoms with van der Waals surface area (Å²) < 4.78 is 41.5. The highest BCUT2D eigenvalue weighted by atomic mass is 19.4. The van der Waals surface area contributed by atoms with E-state index in [1.54, 1.807) is 11.9 Å². The quantitative estimate of drug-likeness (QED) is 0.654. The zero-order valence-corrected chi connectivity index (χ0v) is 8.30. The molecule has 0 aliphatic carbocycles. The number of nitrogens with zero attached hydrogens (tertiary/aromatic N) is 1. The van der Waals surface area contributed by atoms with Crippen LogP contribution in [0.15, 0.2) is 12.2 Å². The fourth-order valence-electron chi connectivity index (χ4n) is 1.27. The van der Waals surface area contributed by atoms with Gasteiger partial charge in [-0.25, -0.2) is 0 Å². The number of likely N-dealkylation sites (N-methyl/N-ethyl adjacent to an activating group) is 1. The molecular formula is C9H12F3NO2. The van der Waals surface area contributed by atoms with Crippen LogP contribution >= 0.6 is 0 Å². The van der Waals surface area contributed by atoms with E-state index in [4.69, 9.17) is 4.74 Å². The van der Waals surface area contributed by atoms with E-state index in [0.29, 0.717) is 6.54 Å². The Hall–Kier alpha value is -0.880. The average Bonchev–Trinajstić information content (AvgIpc) is 2.14. The highest BCUT2D eigenvalue weighted by Gasteiger charge is 2.40. The Balaban J connectivity index is 2.64. The van der Waals surface area contributed by atoms with Gasteiger partial charge in [0.1, 0.15) is 6.10 Å². The van der Waals surface area contributed by atoms with Gasteiger partial charge in [-0.15, -0.1) is 0 Å². The lowest BCUT2D eigenvalue weighted by Gasteiger charge is -2.29. The third-order valence-corrected chi connectivity index (χ3v) is 2.20. The molecule has 6 heteroatoms. The molecule has 0 aromatic carbocycles. The molecule has 0 N–H and O–H groups in total. The predicted molar refractivity (Wildman–Crippen MR) is 47.4 cm³/mol. The van der Waals surface area contributed by atoms with Gasteiger partial charge in [0.2, 0.25) is 0 Å². The van der Waals surface area contributed by atoms with Crippen molar-refractivity contribution in [2.75, 3.05) is 26.7 Å². The number of ketones is 1. The molecule has 3 nitrogen and oxygen atoms in total. The van der Waals surface area contributed by atoms with E-state index in [2.05, 4.69) is 6.58 Å². The lowest BCUT2D eigenvalue weighted by Crippen LogP contribution is -2.45. The van der Waals surface area contributed by atoms with E-state index >= 15 is 0 Å². The SMILES string of the molecule is C=C(C(=O)C1CN(C)CCO1)C(F)(F)F. The second-order valence-corrected chi connectivity index (χ2v) is 3.46. The minimum Gasteiger partial charge on any atom is -0.367 e. The van der Waals surface area contributed by atoms with Gasteiger partial charge >= 0.3 is 6.18 Å². The first kappa shape index (κ1) is 12.2. The summed E-state index contributed by atoms with van der Waals surface area (Å²) in [6.07, 6.45) is -5.71. The van der Waals surface area contributed by atoms with Crippen molar-refractivity contribution >= 4 is 5.78 Å². The number of rotatable bonds is 2. The molecule has 1 unspecified atom stereocenters. The van der Waals surface area contributed by atoms with E-state index in [-0.39, 0.29) is 13.2 Å². The molecule has 0 aromatic heterocycles. The molecule has 0 spiro atoms. The maximum absolute atomic E-state index is 12.2. The molecule has 86 valence electrons. The average molecular weight is 223 g/mol. The Morgan fingerprint density at radius 1 is 1.53 bits per heavy atom. The van der Waals surface area contributed by atoms with Gasteiger partial charge in [-0.1, -0.05) is 6.58 Å². The molecule has 1 rings (SSSR count). The summed E-state index contributed by atoms with van der Waals surface area (Å²) >= 11 is 0. The second kappa shape index (κ2) is 4.32. The first-order chi connectivity index (χ1) is 6.82. The standard InChI is InChI=1S/C9H12F3NO2/c1-6(9(10,11)12)8(14)7-5-13(2)3-4-15-7/h7H,1,3-5H2,2H3. The van der Waals surface area contributed by atoms with E-state index in [1.165, 1.54) is 0 Å². The highest BCUT2D eigenvalue weighted by Crippen LogP contribution is 2.26. The number of ether oxygens (including phenoxy) is 1. The third-order valence-electron chi connectivity index (χ3n) is 2.20. The topological polar surface area (TPSA) is 29.5 Å². The number of hydrogen-bond acceptors (Lipinski definition) is 3. The summed E-state index contributed by atoms with van der Waals surface area (Å²) in [5.74, 6) is -1.07. The van der Waals surface area contributed by atoms with Gasteiger partial charge in [0.25, 0.3) is 0 Å². The molecule has 1 aliphatic rings. The van der Waals surface area contributed by atoms with Crippen LogP contribution in [-0.4, -0.2) is 49.7 Å². The Morgan fingerprint density at radius 2 is 2.13 bits per heavy atom. The van der Waals surface area contributed by atoms with Gasteiger partial charge in [0.05, 0.1) is 12.2 Å². The minimum atomic E-state index is -4.67. The summed E-state index contributed by atoms with van der Waals surface area (Å²) in [6, 6.07) is 0.